The Balaban J connectivity index is 1.64. The first-order chi connectivity index (χ1) is 14.5. The average Bonchev–Trinajstić information content (AvgIpc) is 3.37. The number of hydrogen-bond acceptors (Lipinski definition) is 5. The summed E-state index contributed by atoms with van der Waals surface area (Å²) in [4.78, 5) is 51.4. The SMILES string of the molecule is COC(=O)[C@@H]1CC[C@@H]2CC(Cc3ccccc3)=C(NC(=O)[C@@H]3CCC(=O)N3)C(=O)N21. The van der Waals surface area contributed by atoms with Gasteiger partial charge in [0.25, 0.3) is 5.91 Å². The van der Waals surface area contributed by atoms with Crippen LogP contribution in [0, 0.1) is 0 Å². The third-order valence-electron chi connectivity index (χ3n) is 6.08. The molecule has 30 heavy (non-hydrogen) atoms. The van der Waals surface area contributed by atoms with E-state index in [0.717, 1.165) is 11.1 Å². The summed E-state index contributed by atoms with van der Waals surface area (Å²) in [5.74, 6) is -1.37. The lowest BCUT2D eigenvalue weighted by atomic mass is 9.92. The van der Waals surface area contributed by atoms with Crippen molar-refractivity contribution in [1.82, 2.24) is 15.5 Å². The fraction of sp³-hybridized carbons (Fsp3) is 0.455. The molecule has 0 bridgehead atoms. The van der Waals surface area contributed by atoms with Crippen LogP contribution in [-0.4, -0.2) is 53.8 Å². The van der Waals surface area contributed by atoms with E-state index in [-0.39, 0.29) is 23.6 Å². The van der Waals surface area contributed by atoms with Crippen molar-refractivity contribution < 1.29 is 23.9 Å². The van der Waals surface area contributed by atoms with Crippen LogP contribution in [0.3, 0.4) is 0 Å². The van der Waals surface area contributed by atoms with Crippen LogP contribution < -0.4 is 10.6 Å². The Morgan fingerprint density at radius 3 is 2.60 bits per heavy atom. The number of fused-ring (bicyclic) bond motifs is 1. The quantitative estimate of drug-likeness (QED) is 0.698. The second kappa shape index (κ2) is 8.30. The molecule has 3 aliphatic heterocycles. The summed E-state index contributed by atoms with van der Waals surface area (Å²) in [7, 11) is 1.31. The number of benzene rings is 1. The number of esters is 1. The van der Waals surface area contributed by atoms with Crippen molar-refractivity contribution in [2.24, 2.45) is 0 Å². The van der Waals surface area contributed by atoms with E-state index < -0.39 is 24.0 Å². The number of hydrogen-bond donors (Lipinski definition) is 2. The van der Waals surface area contributed by atoms with Crippen molar-refractivity contribution in [2.75, 3.05) is 7.11 Å². The molecular weight excluding hydrogens is 386 g/mol. The summed E-state index contributed by atoms with van der Waals surface area (Å²) >= 11 is 0. The Morgan fingerprint density at radius 2 is 1.93 bits per heavy atom. The van der Waals surface area contributed by atoms with Crippen LogP contribution in [0.5, 0.6) is 0 Å². The second-order valence-electron chi connectivity index (χ2n) is 7.98. The first-order valence-corrected chi connectivity index (χ1v) is 10.2. The molecule has 3 amide bonds. The van der Waals surface area contributed by atoms with E-state index in [9.17, 15) is 19.2 Å². The van der Waals surface area contributed by atoms with Gasteiger partial charge in [-0.2, -0.15) is 0 Å². The van der Waals surface area contributed by atoms with E-state index in [0.29, 0.717) is 38.5 Å². The van der Waals surface area contributed by atoms with Crippen LogP contribution in [0.25, 0.3) is 0 Å². The Hall–Kier alpha value is -3.16. The zero-order valence-corrected chi connectivity index (χ0v) is 16.8. The van der Waals surface area contributed by atoms with Gasteiger partial charge >= 0.3 is 5.97 Å². The predicted molar refractivity (Wildman–Crippen MR) is 107 cm³/mol. The lowest BCUT2D eigenvalue weighted by molar-refractivity contribution is -0.151. The maximum Gasteiger partial charge on any atom is 0.328 e. The van der Waals surface area contributed by atoms with Crippen molar-refractivity contribution in [3.8, 4) is 0 Å². The van der Waals surface area contributed by atoms with Gasteiger partial charge in [0.1, 0.15) is 17.8 Å². The number of rotatable bonds is 5. The topological polar surface area (TPSA) is 105 Å². The van der Waals surface area contributed by atoms with E-state index >= 15 is 0 Å². The minimum atomic E-state index is -0.650. The molecule has 3 aliphatic rings. The highest BCUT2D eigenvalue weighted by Crippen LogP contribution is 2.36. The number of nitrogens with zero attached hydrogens (tertiary/aromatic N) is 1. The molecule has 1 aromatic rings. The first-order valence-electron chi connectivity index (χ1n) is 10.2. The smallest absolute Gasteiger partial charge is 0.328 e. The highest BCUT2D eigenvalue weighted by atomic mass is 16.5. The molecule has 3 heterocycles. The summed E-state index contributed by atoms with van der Waals surface area (Å²) in [6, 6.07) is 8.37. The Bertz CT molecular complexity index is 911. The van der Waals surface area contributed by atoms with E-state index in [1.165, 1.54) is 7.11 Å². The molecule has 2 N–H and O–H groups in total. The van der Waals surface area contributed by atoms with Crippen LogP contribution in [-0.2, 0) is 30.3 Å². The second-order valence-corrected chi connectivity index (χ2v) is 7.98. The van der Waals surface area contributed by atoms with Crippen molar-refractivity contribution in [1.29, 1.82) is 0 Å². The number of methoxy groups -OCH3 is 1. The zero-order valence-electron chi connectivity index (χ0n) is 16.8. The van der Waals surface area contributed by atoms with Gasteiger partial charge in [0, 0.05) is 12.5 Å². The molecule has 2 saturated heterocycles. The van der Waals surface area contributed by atoms with E-state index in [2.05, 4.69) is 10.6 Å². The number of amides is 3. The largest absolute Gasteiger partial charge is 0.467 e. The van der Waals surface area contributed by atoms with Crippen LogP contribution in [0.2, 0.25) is 0 Å². The highest BCUT2D eigenvalue weighted by molar-refractivity contribution is 6.03. The predicted octanol–water partition coefficient (Wildman–Crippen LogP) is 0.814. The van der Waals surface area contributed by atoms with Gasteiger partial charge in [-0.1, -0.05) is 30.3 Å². The Kier molecular flexibility index (Phi) is 5.57. The van der Waals surface area contributed by atoms with E-state index in [1.54, 1.807) is 4.90 Å². The third kappa shape index (κ3) is 3.81. The number of carbonyl (C=O) groups is 4. The molecule has 0 saturated carbocycles. The molecule has 0 aromatic heterocycles. The molecule has 0 aliphatic carbocycles. The van der Waals surface area contributed by atoms with Crippen LogP contribution in [0.4, 0.5) is 0 Å². The molecule has 8 heteroatoms. The van der Waals surface area contributed by atoms with Crippen molar-refractivity contribution in [3.63, 3.8) is 0 Å². The average molecular weight is 411 g/mol. The normalized spacial score (nSPS) is 25.8. The van der Waals surface area contributed by atoms with Gasteiger partial charge in [0.2, 0.25) is 11.8 Å². The summed E-state index contributed by atoms with van der Waals surface area (Å²) in [6.45, 7) is 0. The minimum Gasteiger partial charge on any atom is -0.467 e. The van der Waals surface area contributed by atoms with Gasteiger partial charge in [0.15, 0.2) is 0 Å². The lowest BCUT2D eigenvalue weighted by Gasteiger charge is -2.36. The van der Waals surface area contributed by atoms with Crippen molar-refractivity contribution >= 4 is 23.7 Å². The monoisotopic (exact) mass is 411 g/mol. The summed E-state index contributed by atoms with van der Waals surface area (Å²) in [5.41, 5.74) is 2.10. The van der Waals surface area contributed by atoms with E-state index in [1.807, 2.05) is 30.3 Å². The first kappa shape index (κ1) is 20.1. The fourth-order valence-electron chi connectivity index (χ4n) is 4.59. The third-order valence-corrected chi connectivity index (χ3v) is 6.08. The molecule has 8 nitrogen and oxygen atoms in total. The van der Waals surface area contributed by atoms with Gasteiger partial charge in [-0.15, -0.1) is 0 Å². The van der Waals surface area contributed by atoms with Gasteiger partial charge in [-0.3, -0.25) is 14.4 Å². The van der Waals surface area contributed by atoms with Crippen molar-refractivity contribution in [2.45, 2.75) is 56.7 Å². The Morgan fingerprint density at radius 1 is 1.17 bits per heavy atom. The summed E-state index contributed by atoms with van der Waals surface area (Å²) in [6.07, 6.45) is 3.07. The van der Waals surface area contributed by atoms with Crippen LogP contribution >= 0.6 is 0 Å². The summed E-state index contributed by atoms with van der Waals surface area (Å²) < 4.78 is 4.88. The molecule has 0 spiro atoms. The van der Waals surface area contributed by atoms with Crippen LogP contribution in [0.1, 0.15) is 37.7 Å². The maximum absolute atomic E-state index is 13.4. The molecule has 2 fully saturated rings. The lowest BCUT2D eigenvalue weighted by Crippen LogP contribution is -2.53. The van der Waals surface area contributed by atoms with E-state index in [4.69, 9.17) is 4.74 Å². The highest BCUT2D eigenvalue weighted by Gasteiger charge is 2.46. The summed E-state index contributed by atoms with van der Waals surface area (Å²) in [5, 5.41) is 5.41. The van der Waals surface area contributed by atoms with Gasteiger partial charge in [-0.25, -0.2) is 4.79 Å². The fourth-order valence-corrected chi connectivity index (χ4v) is 4.59. The van der Waals surface area contributed by atoms with Gasteiger partial charge in [-0.05, 0) is 43.2 Å². The number of nitrogens with one attached hydrogen (secondary N) is 2. The number of carbonyl (C=O) groups excluding carboxylic acids is 4. The molecule has 3 atom stereocenters. The molecule has 0 radical (unpaired) electrons. The zero-order chi connectivity index (χ0) is 21.3. The van der Waals surface area contributed by atoms with Gasteiger partial charge < -0.3 is 20.3 Å². The molecule has 4 rings (SSSR count). The molecule has 0 unspecified atom stereocenters. The molecule has 1 aromatic carbocycles. The van der Waals surface area contributed by atoms with Gasteiger partial charge in [0.05, 0.1) is 7.11 Å². The number of ether oxygens (including phenoxy) is 1. The standard InChI is InChI=1S/C22H25N3O5/c1-30-22(29)17-9-7-15-12-14(11-13-5-3-2-4-6-13)19(21(28)25(15)17)24-20(27)16-8-10-18(26)23-16/h2-6,15-17H,7-12H2,1H3,(H,23,26)(H,24,27)/t15-,16+,17+/m1/s1. The van der Waals surface area contributed by atoms with Crippen LogP contribution in [0.15, 0.2) is 41.6 Å². The maximum atomic E-state index is 13.4. The molecule has 158 valence electrons. The Labute approximate surface area is 174 Å². The molecular formula is C22H25N3O5. The van der Waals surface area contributed by atoms with Crippen molar-refractivity contribution in [3.05, 3.63) is 47.2 Å². The minimum absolute atomic E-state index is 0.0906.